The van der Waals surface area contributed by atoms with Gasteiger partial charge in [-0.3, -0.25) is 4.79 Å². The maximum atomic E-state index is 12.3. The van der Waals surface area contributed by atoms with Crippen LogP contribution in [0.4, 0.5) is 23.7 Å². The molecule has 1 rings (SSSR count). The van der Waals surface area contributed by atoms with E-state index in [1.54, 1.807) is 12.2 Å². The fraction of sp³-hybridized carbons (Fsp3) is 0.286. The lowest BCUT2D eigenvalue weighted by Gasteiger charge is -2.09. The Kier molecular flexibility index (Phi) is 6.72. The Morgan fingerprint density at radius 2 is 2.00 bits per heavy atom. The first-order chi connectivity index (χ1) is 10.7. The standard InChI is InChI=1S/C14H11ClF3NO4/c1-2-22-13(21)23-7-3-4-9-8-10(15)5-6-11(9)19-12(20)14(16,17)18/h5-6,8H,2,7H2,1H3,(H,19,20). The molecule has 0 unspecified atom stereocenters. The molecule has 5 nitrogen and oxygen atoms in total. The van der Waals surface area contributed by atoms with Crippen molar-refractivity contribution in [1.29, 1.82) is 0 Å². The van der Waals surface area contributed by atoms with Gasteiger partial charge in [0.25, 0.3) is 0 Å². The average molecular weight is 350 g/mol. The molecule has 0 saturated heterocycles. The quantitative estimate of drug-likeness (QED) is 0.671. The topological polar surface area (TPSA) is 64.6 Å². The van der Waals surface area contributed by atoms with E-state index in [0.717, 1.165) is 0 Å². The second kappa shape index (κ2) is 8.29. The van der Waals surface area contributed by atoms with Crippen LogP contribution in [0.5, 0.6) is 0 Å². The molecule has 0 radical (unpaired) electrons. The van der Waals surface area contributed by atoms with Gasteiger partial charge in [-0.15, -0.1) is 0 Å². The first-order valence-corrected chi connectivity index (χ1v) is 6.58. The van der Waals surface area contributed by atoms with Crippen molar-refractivity contribution >= 4 is 29.4 Å². The van der Waals surface area contributed by atoms with Crippen LogP contribution in [0.3, 0.4) is 0 Å². The van der Waals surface area contributed by atoms with Crippen molar-refractivity contribution in [3.63, 3.8) is 0 Å². The summed E-state index contributed by atoms with van der Waals surface area (Å²) in [6.45, 7) is 1.39. The Morgan fingerprint density at radius 1 is 1.30 bits per heavy atom. The monoisotopic (exact) mass is 349 g/mol. The summed E-state index contributed by atoms with van der Waals surface area (Å²) >= 11 is 5.74. The molecule has 0 bridgehead atoms. The highest BCUT2D eigenvalue weighted by molar-refractivity contribution is 6.30. The van der Waals surface area contributed by atoms with E-state index in [-0.39, 0.29) is 29.5 Å². The molecule has 1 aromatic carbocycles. The molecule has 1 aromatic rings. The van der Waals surface area contributed by atoms with Crippen molar-refractivity contribution in [2.45, 2.75) is 13.1 Å². The molecule has 0 saturated carbocycles. The molecule has 0 atom stereocenters. The lowest BCUT2D eigenvalue weighted by molar-refractivity contribution is -0.167. The number of rotatable bonds is 3. The van der Waals surface area contributed by atoms with Crippen LogP contribution in [0.15, 0.2) is 18.2 Å². The number of benzene rings is 1. The van der Waals surface area contributed by atoms with Crippen molar-refractivity contribution < 1.29 is 32.2 Å². The second-order valence-corrected chi connectivity index (χ2v) is 4.35. The van der Waals surface area contributed by atoms with Crippen molar-refractivity contribution in [3.8, 4) is 11.8 Å². The highest BCUT2D eigenvalue weighted by Gasteiger charge is 2.38. The molecular formula is C14H11ClF3NO4. The number of alkyl halides is 3. The molecular weight excluding hydrogens is 339 g/mol. The van der Waals surface area contributed by atoms with Gasteiger partial charge in [-0.25, -0.2) is 4.79 Å². The summed E-state index contributed by atoms with van der Waals surface area (Å²) in [6, 6.07) is 3.75. The maximum Gasteiger partial charge on any atom is 0.509 e. The predicted octanol–water partition coefficient (Wildman–Crippen LogP) is 3.37. The lowest BCUT2D eigenvalue weighted by Crippen LogP contribution is -2.30. The van der Waals surface area contributed by atoms with E-state index in [1.165, 1.54) is 18.2 Å². The Hall–Kier alpha value is -2.40. The van der Waals surface area contributed by atoms with Crippen molar-refractivity contribution in [2.75, 3.05) is 18.5 Å². The molecule has 1 amide bonds. The van der Waals surface area contributed by atoms with Gasteiger partial charge in [-0.1, -0.05) is 23.4 Å². The van der Waals surface area contributed by atoms with Crippen LogP contribution in [0.2, 0.25) is 5.02 Å². The molecule has 0 spiro atoms. The predicted molar refractivity (Wildman–Crippen MR) is 76.0 cm³/mol. The molecule has 0 aliphatic heterocycles. The van der Waals surface area contributed by atoms with E-state index < -0.39 is 18.2 Å². The molecule has 124 valence electrons. The van der Waals surface area contributed by atoms with Crippen LogP contribution in [-0.4, -0.2) is 31.5 Å². The van der Waals surface area contributed by atoms with Crippen molar-refractivity contribution in [3.05, 3.63) is 28.8 Å². The van der Waals surface area contributed by atoms with Gasteiger partial charge in [0.05, 0.1) is 12.3 Å². The lowest BCUT2D eigenvalue weighted by atomic mass is 10.2. The van der Waals surface area contributed by atoms with Crippen molar-refractivity contribution in [1.82, 2.24) is 0 Å². The summed E-state index contributed by atoms with van der Waals surface area (Å²) < 4.78 is 45.9. The van der Waals surface area contributed by atoms with E-state index in [9.17, 15) is 22.8 Å². The van der Waals surface area contributed by atoms with Gasteiger partial charge in [0, 0.05) is 10.6 Å². The largest absolute Gasteiger partial charge is 0.509 e. The highest BCUT2D eigenvalue weighted by Crippen LogP contribution is 2.23. The van der Waals surface area contributed by atoms with E-state index in [1.807, 2.05) is 0 Å². The first-order valence-electron chi connectivity index (χ1n) is 6.20. The average Bonchev–Trinajstić information content (AvgIpc) is 2.45. The van der Waals surface area contributed by atoms with E-state index in [4.69, 9.17) is 11.6 Å². The van der Waals surface area contributed by atoms with Crippen molar-refractivity contribution in [2.24, 2.45) is 0 Å². The first kappa shape index (κ1) is 18.6. The van der Waals surface area contributed by atoms with Crippen LogP contribution in [0, 0.1) is 11.8 Å². The number of halogens is 4. The smallest absolute Gasteiger partial charge is 0.435 e. The van der Waals surface area contributed by atoms with Crippen LogP contribution in [-0.2, 0) is 14.3 Å². The molecule has 9 heteroatoms. The molecule has 0 aliphatic rings. The number of anilines is 1. The Bertz CT molecular complexity index is 650. The minimum Gasteiger partial charge on any atom is -0.435 e. The summed E-state index contributed by atoms with van der Waals surface area (Å²) in [5.74, 6) is 2.73. The molecule has 0 fully saturated rings. The normalized spacial score (nSPS) is 10.3. The zero-order valence-electron chi connectivity index (χ0n) is 11.8. The molecule has 23 heavy (non-hydrogen) atoms. The summed E-state index contributed by atoms with van der Waals surface area (Å²) in [5.41, 5.74) is -0.122. The van der Waals surface area contributed by atoms with Gasteiger partial charge in [0.2, 0.25) is 0 Å². The summed E-state index contributed by atoms with van der Waals surface area (Å²) in [7, 11) is 0. The van der Waals surface area contributed by atoms with Crippen LogP contribution >= 0.6 is 11.6 Å². The molecule has 0 aliphatic carbocycles. The molecule has 0 heterocycles. The number of hydrogen-bond acceptors (Lipinski definition) is 4. The van der Waals surface area contributed by atoms with Crippen LogP contribution < -0.4 is 5.32 Å². The van der Waals surface area contributed by atoms with E-state index in [2.05, 4.69) is 21.3 Å². The summed E-state index contributed by atoms with van der Waals surface area (Å²) in [4.78, 5) is 21.9. The SMILES string of the molecule is CCOC(=O)OCC#Cc1cc(Cl)ccc1NC(=O)C(F)(F)F. The van der Waals surface area contributed by atoms with Crippen LogP contribution in [0.1, 0.15) is 12.5 Å². The maximum absolute atomic E-state index is 12.3. The number of carbonyl (C=O) groups is 2. The Labute approximate surface area is 134 Å². The number of amides is 1. The Balaban J connectivity index is 2.84. The number of carbonyl (C=O) groups excluding carboxylic acids is 2. The number of nitrogens with one attached hydrogen (secondary N) is 1. The van der Waals surface area contributed by atoms with Gasteiger partial charge in [0.15, 0.2) is 6.61 Å². The third-order valence-corrected chi connectivity index (χ3v) is 2.47. The third kappa shape index (κ3) is 6.48. The zero-order valence-corrected chi connectivity index (χ0v) is 12.5. The Morgan fingerprint density at radius 3 is 2.61 bits per heavy atom. The summed E-state index contributed by atoms with van der Waals surface area (Å²) in [6.07, 6.45) is -5.95. The van der Waals surface area contributed by atoms with E-state index in [0.29, 0.717) is 0 Å². The van der Waals surface area contributed by atoms with Crippen LogP contribution in [0.25, 0.3) is 0 Å². The fourth-order valence-electron chi connectivity index (χ4n) is 1.31. The van der Waals surface area contributed by atoms with Gasteiger partial charge in [-0.2, -0.15) is 13.2 Å². The fourth-order valence-corrected chi connectivity index (χ4v) is 1.48. The van der Waals surface area contributed by atoms with Gasteiger partial charge < -0.3 is 14.8 Å². The minimum absolute atomic E-state index is 0.0440. The third-order valence-electron chi connectivity index (χ3n) is 2.23. The molecule has 1 N–H and O–H groups in total. The zero-order chi connectivity index (χ0) is 17.5. The van der Waals surface area contributed by atoms with Gasteiger partial charge >= 0.3 is 18.2 Å². The second-order valence-electron chi connectivity index (χ2n) is 3.92. The van der Waals surface area contributed by atoms with Gasteiger partial charge in [-0.05, 0) is 25.1 Å². The van der Waals surface area contributed by atoms with E-state index >= 15 is 0 Å². The minimum atomic E-state index is -5.03. The summed E-state index contributed by atoms with van der Waals surface area (Å²) in [5, 5.41) is 1.90. The molecule has 0 aromatic heterocycles. The highest BCUT2D eigenvalue weighted by atomic mass is 35.5. The number of hydrogen-bond donors (Lipinski definition) is 1. The number of ether oxygens (including phenoxy) is 2. The van der Waals surface area contributed by atoms with Gasteiger partial charge in [0.1, 0.15) is 0 Å².